The van der Waals surface area contributed by atoms with Crippen LogP contribution in [0.5, 0.6) is 0 Å². The molecule has 1 aliphatic rings. The van der Waals surface area contributed by atoms with Crippen LogP contribution >= 0.6 is 0 Å². The first-order valence-corrected chi connectivity index (χ1v) is 9.40. The quantitative estimate of drug-likeness (QED) is 0.733. The average molecular weight is 426 g/mol. The molecule has 2 aromatic rings. The molecule has 2 amide bonds. The second kappa shape index (κ2) is 8.88. The molecule has 0 aliphatic carbocycles. The molecule has 2 unspecified atom stereocenters. The molecule has 6 nitrogen and oxygen atoms in total. The summed E-state index contributed by atoms with van der Waals surface area (Å²) in [5, 5.41) is 22.6. The lowest BCUT2D eigenvalue weighted by atomic mass is 9.91. The van der Waals surface area contributed by atoms with Crippen molar-refractivity contribution in [3.63, 3.8) is 0 Å². The third-order valence-electron chi connectivity index (χ3n) is 5.12. The molecule has 9 heteroatoms. The summed E-state index contributed by atoms with van der Waals surface area (Å²) >= 11 is 0. The number of nitrogens with zero attached hydrogens (tertiary/aromatic N) is 2. The molecular weight excluding hydrogens is 409 g/mol. The number of carbonyl (C=O) groups is 2. The molecule has 2 aromatic carbocycles. The van der Waals surface area contributed by atoms with Gasteiger partial charge in [-0.1, -0.05) is 24.3 Å². The van der Waals surface area contributed by atoms with Gasteiger partial charge in [0.25, 0.3) is 0 Å². The predicted octanol–water partition coefficient (Wildman–Crippen LogP) is 3.09. The largest absolute Gasteiger partial charge is 0.408 e. The number of amides is 2. The summed E-state index contributed by atoms with van der Waals surface area (Å²) in [5.41, 5.74) is 2.06. The number of carbonyl (C=O) groups excluding carboxylic acids is 2. The van der Waals surface area contributed by atoms with Gasteiger partial charge < -0.3 is 10.6 Å². The van der Waals surface area contributed by atoms with E-state index in [1.165, 1.54) is 0 Å². The summed E-state index contributed by atoms with van der Waals surface area (Å²) in [6, 6.07) is 14.1. The highest BCUT2D eigenvalue weighted by Gasteiger charge is 2.46. The zero-order chi connectivity index (χ0) is 22.6. The van der Waals surface area contributed by atoms with Crippen LogP contribution < -0.4 is 10.6 Å². The second-order valence-corrected chi connectivity index (χ2v) is 7.14. The van der Waals surface area contributed by atoms with Crippen molar-refractivity contribution in [2.45, 2.75) is 31.1 Å². The number of benzene rings is 2. The number of nitriles is 2. The fourth-order valence-electron chi connectivity index (χ4n) is 3.41. The maximum absolute atomic E-state index is 12.9. The first kappa shape index (κ1) is 21.8. The lowest BCUT2D eigenvalue weighted by molar-refractivity contribution is -0.171. The third-order valence-corrected chi connectivity index (χ3v) is 5.12. The lowest BCUT2D eigenvalue weighted by Gasteiger charge is -2.31. The van der Waals surface area contributed by atoms with Gasteiger partial charge in [-0.2, -0.15) is 23.7 Å². The lowest BCUT2D eigenvalue weighted by Crippen LogP contribution is -2.54. The van der Waals surface area contributed by atoms with Crippen molar-refractivity contribution < 1.29 is 22.8 Å². The highest BCUT2D eigenvalue weighted by Crippen LogP contribution is 2.30. The Kier molecular flexibility index (Phi) is 6.26. The standard InChI is InChI=1S/C22H17F3N4O2/c23-22(24,25)18-10-9-17(20(30)28-18)21(31)29-19(15-5-1-13(11-26)2-6-15)16-7-3-14(12-27)4-8-16/h1-8,17-19H,9-10H2,(H,28,30)(H,29,31). The van der Waals surface area contributed by atoms with Crippen LogP contribution in [0.1, 0.15) is 41.1 Å². The number of hydrogen-bond donors (Lipinski definition) is 2. The van der Waals surface area contributed by atoms with Crippen molar-refractivity contribution in [1.29, 1.82) is 10.5 Å². The van der Waals surface area contributed by atoms with Crippen LogP contribution in [-0.2, 0) is 9.59 Å². The van der Waals surface area contributed by atoms with E-state index in [2.05, 4.69) is 5.32 Å². The normalized spacial score (nSPS) is 18.6. The van der Waals surface area contributed by atoms with Crippen LogP contribution in [0.2, 0.25) is 0 Å². The monoisotopic (exact) mass is 426 g/mol. The zero-order valence-electron chi connectivity index (χ0n) is 16.1. The van der Waals surface area contributed by atoms with Crippen molar-refractivity contribution in [2.75, 3.05) is 0 Å². The number of halogens is 3. The van der Waals surface area contributed by atoms with Gasteiger partial charge >= 0.3 is 6.18 Å². The molecular formula is C22H17F3N4O2. The van der Waals surface area contributed by atoms with Crippen molar-refractivity contribution in [3.05, 3.63) is 70.8 Å². The molecule has 0 spiro atoms. The summed E-state index contributed by atoms with van der Waals surface area (Å²) < 4.78 is 38.6. The molecule has 31 heavy (non-hydrogen) atoms. The molecule has 158 valence electrons. The molecule has 3 rings (SSSR count). The first-order valence-electron chi connectivity index (χ1n) is 9.40. The minimum Gasteiger partial charge on any atom is -0.344 e. The van der Waals surface area contributed by atoms with Crippen molar-refractivity contribution in [3.8, 4) is 12.1 Å². The van der Waals surface area contributed by atoms with Crippen molar-refractivity contribution in [1.82, 2.24) is 10.6 Å². The zero-order valence-corrected chi connectivity index (χ0v) is 16.1. The van der Waals surface area contributed by atoms with Crippen molar-refractivity contribution in [2.24, 2.45) is 5.92 Å². The highest BCUT2D eigenvalue weighted by molar-refractivity contribution is 6.01. The summed E-state index contributed by atoms with van der Waals surface area (Å²) in [4.78, 5) is 25.0. The van der Waals surface area contributed by atoms with E-state index in [1.807, 2.05) is 17.5 Å². The Bertz CT molecular complexity index is 993. The minimum atomic E-state index is -4.56. The molecule has 0 aromatic heterocycles. The smallest absolute Gasteiger partial charge is 0.344 e. The van der Waals surface area contributed by atoms with Gasteiger partial charge in [0, 0.05) is 0 Å². The number of rotatable bonds is 4. The van der Waals surface area contributed by atoms with Crippen LogP contribution in [0.25, 0.3) is 0 Å². The van der Waals surface area contributed by atoms with E-state index in [-0.39, 0.29) is 12.8 Å². The fourth-order valence-corrected chi connectivity index (χ4v) is 3.41. The molecule has 1 fully saturated rings. The molecule has 1 aliphatic heterocycles. The Balaban J connectivity index is 1.84. The van der Waals surface area contributed by atoms with E-state index in [9.17, 15) is 22.8 Å². The summed E-state index contributed by atoms with van der Waals surface area (Å²) in [6.07, 6.45) is -5.17. The number of hydrogen-bond acceptors (Lipinski definition) is 4. The van der Waals surface area contributed by atoms with E-state index < -0.39 is 36.0 Å². The summed E-state index contributed by atoms with van der Waals surface area (Å²) in [6.45, 7) is 0. The van der Waals surface area contributed by atoms with Crippen LogP contribution in [0.15, 0.2) is 48.5 Å². The van der Waals surface area contributed by atoms with E-state index in [4.69, 9.17) is 10.5 Å². The minimum absolute atomic E-state index is 0.227. The number of piperidine rings is 1. The van der Waals surface area contributed by atoms with Crippen molar-refractivity contribution >= 4 is 11.8 Å². The van der Waals surface area contributed by atoms with Gasteiger partial charge in [0.2, 0.25) is 11.8 Å². The Hall–Kier alpha value is -3.85. The third kappa shape index (κ3) is 5.01. The van der Waals surface area contributed by atoms with E-state index in [1.54, 1.807) is 48.5 Å². The highest BCUT2D eigenvalue weighted by atomic mass is 19.4. The van der Waals surface area contributed by atoms with Crippen LogP contribution in [-0.4, -0.2) is 24.0 Å². The van der Waals surface area contributed by atoms with Gasteiger partial charge in [0.15, 0.2) is 0 Å². The molecule has 0 radical (unpaired) electrons. The Morgan fingerprint density at radius 1 is 0.968 bits per heavy atom. The van der Waals surface area contributed by atoms with Crippen LogP contribution in [0.4, 0.5) is 13.2 Å². The average Bonchev–Trinajstić information content (AvgIpc) is 2.77. The molecule has 0 saturated carbocycles. The molecule has 0 bridgehead atoms. The Labute approximate surface area is 176 Å². The maximum Gasteiger partial charge on any atom is 0.408 e. The fraction of sp³-hybridized carbons (Fsp3) is 0.273. The van der Waals surface area contributed by atoms with Gasteiger partial charge in [0.05, 0.1) is 29.3 Å². The topological polar surface area (TPSA) is 106 Å². The Morgan fingerprint density at radius 2 is 1.45 bits per heavy atom. The second-order valence-electron chi connectivity index (χ2n) is 7.14. The summed E-state index contributed by atoms with van der Waals surface area (Å²) in [7, 11) is 0. The van der Waals surface area contributed by atoms with Gasteiger partial charge in [0.1, 0.15) is 12.0 Å². The molecule has 2 atom stereocenters. The van der Waals surface area contributed by atoms with Gasteiger partial charge in [-0.3, -0.25) is 9.59 Å². The SMILES string of the molecule is N#Cc1ccc(C(NC(=O)C2CCC(C(F)(F)F)NC2=O)c2ccc(C#N)cc2)cc1. The molecule has 1 heterocycles. The maximum atomic E-state index is 12.9. The molecule has 2 N–H and O–H groups in total. The van der Waals surface area contributed by atoms with Crippen LogP contribution in [0, 0.1) is 28.6 Å². The Morgan fingerprint density at radius 3 is 1.84 bits per heavy atom. The van der Waals surface area contributed by atoms with E-state index >= 15 is 0 Å². The number of nitrogens with one attached hydrogen (secondary N) is 2. The first-order chi connectivity index (χ1) is 14.7. The summed E-state index contributed by atoms with van der Waals surface area (Å²) in [5.74, 6) is -2.92. The van der Waals surface area contributed by atoms with E-state index in [0.717, 1.165) is 0 Å². The van der Waals surface area contributed by atoms with Gasteiger partial charge in [-0.25, -0.2) is 0 Å². The van der Waals surface area contributed by atoms with E-state index in [0.29, 0.717) is 22.3 Å². The van der Waals surface area contributed by atoms with Gasteiger partial charge in [-0.15, -0.1) is 0 Å². The molecule has 1 saturated heterocycles. The predicted molar refractivity (Wildman–Crippen MR) is 103 cm³/mol. The van der Waals surface area contributed by atoms with Gasteiger partial charge in [-0.05, 0) is 48.2 Å². The van der Waals surface area contributed by atoms with Crippen LogP contribution in [0.3, 0.4) is 0 Å². The number of alkyl halides is 3.